The fourth-order valence-corrected chi connectivity index (χ4v) is 1.55. The first-order chi connectivity index (χ1) is 6.68. The van der Waals surface area contributed by atoms with E-state index in [-0.39, 0.29) is 5.75 Å². The highest BCUT2D eigenvalue weighted by Gasteiger charge is 2.11. The first-order valence-electron chi connectivity index (χ1n) is 4.08. The Morgan fingerprint density at radius 3 is 2.86 bits per heavy atom. The van der Waals surface area contributed by atoms with Crippen molar-refractivity contribution in [2.45, 2.75) is 6.92 Å². The molecular weight excluding hydrogens is 202 g/mol. The molecule has 72 valence electrons. The van der Waals surface area contributed by atoms with E-state index in [4.69, 9.17) is 16.1 Å². The van der Waals surface area contributed by atoms with Crippen molar-refractivity contribution < 1.29 is 9.63 Å². The molecule has 2 aromatic rings. The molecule has 0 unspecified atom stereocenters. The van der Waals surface area contributed by atoms with Gasteiger partial charge in [-0.2, -0.15) is 0 Å². The Morgan fingerprint density at radius 2 is 2.21 bits per heavy atom. The SMILES string of the molecule is Cc1cc(Cl)cc(-c2ccno2)c1O. The van der Waals surface area contributed by atoms with Gasteiger partial charge in [-0.05, 0) is 24.6 Å². The minimum atomic E-state index is 0.172. The molecule has 14 heavy (non-hydrogen) atoms. The fourth-order valence-electron chi connectivity index (χ4n) is 1.28. The summed E-state index contributed by atoms with van der Waals surface area (Å²) in [4.78, 5) is 0. The van der Waals surface area contributed by atoms with Crippen molar-refractivity contribution in [2.24, 2.45) is 0 Å². The normalized spacial score (nSPS) is 10.4. The molecule has 1 heterocycles. The van der Waals surface area contributed by atoms with Crippen LogP contribution in [0, 0.1) is 6.92 Å². The van der Waals surface area contributed by atoms with Gasteiger partial charge in [0.25, 0.3) is 0 Å². The molecule has 0 saturated carbocycles. The largest absolute Gasteiger partial charge is 0.507 e. The van der Waals surface area contributed by atoms with Crippen LogP contribution in [0.15, 0.2) is 28.9 Å². The molecule has 2 rings (SSSR count). The molecule has 1 N–H and O–H groups in total. The van der Waals surface area contributed by atoms with Crippen molar-refractivity contribution >= 4 is 11.6 Å². The van der Waals surface area contributed by atoms with Gasteiger partial charge in [-0.1, -0.05) is 16.8 Å². The van der Waals surface area contributed by atoms with E-state index in [2.05, 4.69) is 5.16 Å². The molecule has 0 saturated heterocycles. The van der Waals surface area contributed by atoms with Crippen molar-refractivity contribution in [1.82, 2.24) is 5.16 Å². The molecule has 0 aliphatic carbocycles. The molecule has 0 aliphatic heterocycles. The summed E-state index contributed by atoms with van der Waals surface area (Å²) < 4.78 is 4.94. The van der Waals surface area contributed by atoms with Gasteiger partial charge in [-0.15, -0.1) is 0 Å². The zero-order valence-electron chi connectivity index (χ0n) is 7.49. The van der Waals surface area contributed by atoms with Crippen LogP contribution in [0.1, 0.15) is 5.56 Å². The van der Waals surface area contributed by atoms with Crippen molar-refractivity contribution in [1.29, 1.82) is 0 Å². The van der Waals surface area contributed by atoms with Crippen molar-refractivity contribution in [3.8, 4) is 17.1 Å². The second kappa shape index (κ2) is 3.35. The molecule has 1 aromatic carbocycles. The molecular formula is C10H8ClNO2. The van der Waals surface area contributed by atoms with Gasteiger partial charge in [0.15, 0.2) is 5.76 Å². The van der Waals surface area contributed by atoms with E-state index in [9.17, 15) is 5.11 Å². The number of hydrogen-bond donors (Lipinski definition) is 1. The van der Waals surface area contributed by atoms with Crippen LogP contribution in [0.2, 0.25) is 5.02 Å². The number of rotatable bonds is 1. The van der Waals surface area contributed by atoms with Gasteiger partial charge in [-0.25, -0.2) is 0 Å². The number of aromatic hydroxyl groups is 1. The summed E-state index contributed by atoms with van der Waals surface area (Å²) in [6.45, 7) is 1.78. The number of hydrogen-bond acceptors (Lipinski definition) is 3. The van der Waals surface area contributed by atoms with Crippen LogP contribution >= 0.6 is 11.6 Å². The van der Waals surface area contributed by atoms with Gasteiger partial charge in [0.2, 0.25) is 0 Å². The molecule has 4 heteroatoms. The summed E-state index contributed by atoms with van der Waals surface area (Å²) >= 11 is 5.87. The number of nitrogens with zero attached hydrogens (tertiary/aromatic N) is 1. The average molecular weight is 210 g/mol. The summed E-state index contributed by atoms with van der Waals surface area (Å²) in [6, 6.07) is 5.01. The van der Waals surface area contributed by atoms with Crippen molar-refractivity contribution in [3.63, 3.8) is 0 Å². The van der Waals surface area contributed by atoms with E-state index in [1.165, 1.54) is 6.20 Å². The van der Waals surface area contributed by atoms with Crippen LogP contribution < -0.4 is 0 Å². The topological polar surface area (TPSA) is 46.3 Å². The molecule has 0 radical (unpaired) electrons. The molecule has 0 bridgehead atoms. The standard InChI is InChI=1S/C10H8ClNO2/c1-6-4-7(11)5-8(10(6)13)9-2-3-12-14-9/h2-5,13H,1H3. The smallest absolute Gasteiger partial charge is 0.170 e. The van der Waals surface area contributed by atoms with Gasteiger partial charge in [0.05, 0.1) is 11.8 Å². The maximum absolute atomic E-state index is 9.75. The van der Waals surface area contributed by atoms with E-state index in [1.807, 2.05) is 0 Å². The Morgan fingerprint density at radius 1 is 1.43 bits per heavy atom. The quantitative estimate of drug-likeness (QED) is 0.785. The summed E-state index contributed by atoms with van der Waals surface area (Å²) in [6.07, 6.45) is 1.52. The van der Waals surface area contributed by atoms with Gasteiger partial charge in [0.1, 0.15) is 5.75 Å². The van der Waals surface area contributed by atoms with Gasteiger partial charge < -0.3 is 9.63 Å². The van der Waals surface area contributed by atoms with E-state index >= 15 is 0 Å². The average Bonchev–Trinajstić information content (AvgIpc) is 2.63. The number of benzene rings is 1. The van der Waals surface area contributed by atoms with Gasteiger partial charge in [0, 0.05) is 11.1 Å². The zero-order chi connectivity index (χ0) is 10.1. The summed E-state index contributed by atoms with van der Waals surface area (Å²) in [5.74, 6) is 0.680. The number of phenolic OH excluding ortho intramolecular Hbond substituents is 1. The van der Waals surface area contributed by atoms with Crippen LogP contribution in [0.25, 0.3) is 11.3 Å². The third kappa shape index (κ3) is 1.46. The highest BCUT2D eigenvalue weighted by Crippen LogP contribution is 2.34. The Kier molecular flexibility index (Phi) is 2.17. The second-order valence-electron chi connectivity index (χ2n) is 3.00. The molecule has 3 nitrogen and oxygen atoms in total. The van der Waals surface area contributed by atoms with E-state index < -0.39 is 0 Å². The monoisotopic (exact) mass is 209 g/mol. The maximum Gasteiger partial charge on any atom is 0.170 e. The van der Waals surface area contributed by atoms with Crippen molar-refractivity contribution in [3.05, 3.63) is 35.0 Å². The lowest BCUT2D eigenvalue weighted by Crippen LogP contribution is -1.81. The van der Waals surface area contributed by atoms with Crippen LogP contribution in [-0.4, -0.2) is 10.3 Å². The highest BCUT2D eigenvalue weighted by molar-refractivity contribution is 6.31. The van der Waals surface area contributed by atoms with Crippen LogP contribution in [-0.2, 0) is 0 Å². The first kappa shape index (κ1) is 9.09. The second-order valence-corrected chi connectivity index (χ2v) is 3.43. The number of phenols is 1. The van der Waals surface area contributed by atoms with E-state index in [0.29, 0.717) is 21.9 Å². The minimum Gasteiger partial charge on any atom is -0.507 e. The maximum atomic E-state index is 9.75. The van der Waals surface area contributed by atoms with Crippen molar-refractivity contribution in [2.75, 3.05) is 0 Å². The van der Waals surface area contributed by atoms with E-state index in [0.717, 1.165) is 0 Å². The van der Waals surface area contributed by atoms with Crippen LogP contribution in [0.3, 0.4) is 0 Å². The Labute approximate surface area is 85.9 Å². The Balaban J connectivity index is 2.64. The number of aromatic nitrogens is 1. The number of aryl methyl sites for hydroxylation is 1. The fraction of sp³-hybridized carbons (Fsp3) is 0.100. The third-order valence-electron chi connectivity index (χ3n) is 1.97. The zero-order valence-corrected chi connectivity index (χ0v) is 8.25. The molecule has 0 fully saturated rings. The minimum absolute atomic E-state index is 0.172. The Bertz CT molecular complexity index is 451. The summed E-state index contributed by atoms with van der Waals surface area (Å²) in [5, 5.41) is 13.9. The lowest BCUT2D eigenvalue weighted by Gasteiger charge is -2.04. The van der Waals surface area contributed by atoms with Gasteiger partial charge in [-0.3, -0.25) is 0 Å². The van der Waals surface area contributed by atoms with Crippen LogP contribution in [0.5, 0.6) is 5.75 Å². The predicted octanol–water partition coefficient (Wildman–Crippen LogP) is 3.01. The predicted molar refractivity (Wildman–Crippen MR) is 53.4 cm³/mol. The molecule has 0 atom stereocenters. The molecule has 0 spiro atoms. The molecule has 1 aromatic heterocycles. The lowest BCUT2D eigenvalue weighted by atomic mass is 10.1. The lowest BCUT2D eigenvalue weighted by molar-refractivity contribution is 0.425. The third-order valence-corrected chi connectivity index (χ3v) is 2.19. The van der Waals surface area contributed by atoms with Gasteiger partial charge >= 0.3 is 0 Å². The number of halogens is 1. The molecule has 0 amide bonds. The highest BCUT2D eigenvalue weighted by atomic mass is 35.5. The Hall–Kier alpha value is -1.48. The summed E-state index contributed by atoms with van der Waals surface area (Å²) in [7, 11) is 0. The van der Waals surface area contributed by atoms with E-state index in [1.54, 1.807) is 25.1 Å². The van der Waals surface area contributed by atoms with Crippen LogP contribution in [0.4, 0.5) is 0 Å². The first-order valence-corrected chi connectivity index (χ1v) is 4.46. The molecule has 0 aliphatic rings. The summed E-state index contributed by atoms with van der Waals surface area (Å²) in [5.41, 5.74) is 1.27.